The maximum atomic E-state index is 13.9. The number of ether oxygens (including phenoxy) is 1. The monoisotopic (exact) mass is 550 g/mol. The molecule has 3 heterocycles. The number of rotatable bonds is 9. The van der Waals surface area contributed by atoms with Crippen LogP contribution < -0.4 is 10.2 Å². The summed E-state index contributed by atoms with van der Waals surface area (Å²) in [5.41, 5.74) is 4.12. The van der Waals surface area contributed by atoms with Crippen molar-refractivity contribution in [3.8, 4) is 16.9 Å². The number of amides is 2. The molecule has 1 N–H and O–H groups in total. The Balaban J connectivity index is 1.68. The number of carbonyl (C=O) groups excluding carboxylic acids is 2. The van der Waals surface area contributed by atoms with Gasteiger partial charge in [-0.3, -0.25) is 14.5 Å². The van der Waals surface area contributed by atoms with Crippen LogP contribution in [0.3, 0.4) is 0 Å². The molecule has 10 heteroatoms. The highest BCUT2D eigenvalue weighted by Gasteiger charge is 2.37. The minimum atomic E-state index is -0.370. The van der Waals surface area contributed by atoms with E-state index in [1.165, 1.54) is 28.8 Å². The quantitative estimate of drug-likeness (QED) is 0.295. The first kappa shape index (κ1) is 26.1. The zero-order chi connectivity index (χ0) is 26.5. The molecule has 2 aromatic carbocycles. The van der Waals surface area contributed by atoms with Gasteiger partial charge in [0.2, 0.25) is 11.8 Å². The van der Waals surface area contributed by atoms with Gasteiger partial charge < -0.3 is 10.1 Å². The maximum Gasteiger partial charge on any atom is 0.240 e. The van der Waals surface area contributed by atoms with Crippen molar-refractivity contribution in [3.63, 3.8) is 0 Å². The van der Waals surface area contributed by atoms with Crippen LogP contribution in [0.25, 0.3) is 16.9 Å². The van der Waals surface area contributed by atoms with E-state index in [1.807, 2.05) is 35.7 Å². The highest BCUT2D eigenvalue weighted by Crippen LogP contribution is 2.48. The Bertz CT molecular complexity index is 1390. The molecule has 0 radical (unpaired) electrons. The number of aromatic nitrogens is 2. The average Bonchev–Trinajstić information content (AvgIpc) is 3.58. The number of benzene rings is 2. The maximum absolute atomic E-state index is 13.9. The highest BCUT2D eigenvalue weighted by molar-refractivity contribution is 8.00. The SMILES string of the molecule is COCCCNC(=O)CN1C(=O)CSC(c2ccsc2)c2c(-c3ccccc3)nn(-c3ccc(F)cc3)c21. The largest absolute Gasteiger partial charge is 0.385 e. The highest BCUT2D eigenvalue weighted by atomic mass is 32.2. The molecule has 2 amide bonds. The first-order chi connectivity index (χ1) is 18.6. The molecule has 0 aliphatic carbocycles. The number of fused-ring (bicyclic) bond motifs is 1. The smallest absolute Gasteiger partial charge is 0.240 e. The van der Waals surface area contributed by atoms with E-state index in [4.69, 9.17) is 9.84 Å². The Morgan fingerprint density at radius 3 is 2.66 bits per heavy atom. The second-order valence-electron chi connectivity index (χ2n) is 8.76. The fourth-order valence-electron chi connectivity index (χ4n) is 4.42. The second kappa shape index (κ2) is 11.9. The zero-order valence-electron chi connectivity index (χ0n) is 20.8. The fraction of sp³-hybridized carbons (Fsp3) is 0.250. The third-order valence-corrected chi connectivity index (χ3v) is 8.16. The van der Waals surface area contributed by atoms with Gasteiger partial charge in [-0.15, -0.1) is 11.8 Å². The number of nitrogens with zero attached hydrogens (tertiary/aromatic N) is 3. The lowest BCUT2D eigenvalue weighted by Gasteiger charge is -2.23. The molecule has 4 aromatic rings. The van der Waals surface area contributed by atoms with Crippen molar-refractivity contribution in [2.24, 2.45) is 0 Å². The van der Waals surface area contributed by atoms with Crippen molar-refractivity contribution in [3.05, 3.63) is 88.4 Å². The predicted octanol–water partition coefficient (Wildman–Crippen LogP) is 5.06. The summed E-state index contributed by atoms with van der Waals surface area (Å²) < 4.78 is 20.6. The van der Waals surface area contributed by atoms with Gasteiger partial charge in [-0.2, -0.15) is 16.4 Å². The lowest BCUT2D eigenvalue weighted by Crippen LogP contribution is -2.42. The summed E-state index contributed by atoms with van der Waals surface area (Å²) in [6.07, 6.45) is 0.670. The molecule has 5 rings (SSSR count). The van der Waals surface area contributed by atoms with Crippen molar-refractivity contribution in [1.29, 1.82) is 0 Å². The van der Waals surface area contributed by atoms with Gasteiger partial charge in [-0.1, -0.05) is 30.3 Å². The Labute approximate surface area is 228 Å². The van der Waals surface area contributed by atoms with Gasteiger partial charge in [-0.25, -0.2) is 9.07 Å². The van der Waals surface area contributed by atoms with E-state index in [1.54, 1.807) is 35.3 Å². The van der Waals surface area contributed by atoms with E-state index in [9.17, 15) is 14.0 Å². The summed E-state index contributed by atoms with van der Waals surface area (Å²) in [6, 6.07) is 17.8. The van der Waals surface area contributed by atoms with Gasteiger partial charge in [0, 0.05) is 31.4 Å². The summed E-state index contributed by atoms with van der Waals surface area (Å²) in [5, 5.41) is 11.8. The average molecular weight is 551 g/mol. The second-order valence-corrected chi connectivity index (χ2v) is 10.6. The molecular formula is C28H27FN4O3S2. The van der Waals surface area contributed by atoms with Gasteiger partial charge in [0.15, 0.2) is 0 Å². The van der Waals surface area contributed by atoms with Crippen molar-refractivity contribution < 1.29 is 18.7 Å². The Kier molecular flexibility index (Phi) is 8.21. The summed E-state index contributed by atoms with van der Waals surface area (Å²) in [7, 11) is 1.61. The third kappa shape index (κ3) is 5.52. The number of carbonyl (C=O) groups is 2. The van der Waals surface area contributed by atoms with Crippen molar-refractivity contribution in [2.75, 3.05) is 37.5 Å². The molecule has 7 nitrogen and oxygen atoms in total. The van der Waals surface area contributed by atoms with E-state index in [0.717, 1.165) is 16.7 Å². The van der Waals surface area contributed by atoms with Crippen LogP contribution >= 0.6 is 23.1 Å². The molecular weight excluding hydrogens is 523 g/mol. The van der Waals surface area contributed by atoms with Crippen LogP contribution in [0, 0.1) is 5.82 Å². The minimum Gasteiger partial charge on any atom is -0.385 e. The zero-order valence-corrected chi connectivity index (χ0v) is 22.4. The number of hydrogen-bond acceptors (Lipinski definition) is 6. The molecule has 1 atom stereocenters. The van der Waals surface area contributed by atoms with Crippen LogP contribution in [0.4, 0.5) is 10.2 Å². The predicted molar refractivity (Wildman–Crippen MR) is 149 cm³/mol. The number of hydrogen-bond donors (Lipinski definition) is 1. The molecule has 0 bridgehead atoms. The lowest BCUT2D eigenvalue weighted by atomic mass is 10.0. The molecule has 2 aromatic heterocycles. The number of methoxy groups -OCH3 is 1. The van der Waals surface area contributed by atoms with Crippen molar-refractivity contribution in [2.45, 2.75) is 11.7 Å². The fourth-order valence-corrected chi connectivity index (χ4v) is 6.38. The van der Waals surface area contributed by atoms with Gasteiger partial charge in [0.05, 0.1) is 22.4 Å². The van der Waals surface area contributed by atoms with Crippen LogP contribution in [-0.4, -0.2) is 54.2 Å². The summed E-state index contributed by atoms with van der Waals surface area (Å²) in [4.78, 5) is 28.1. The van der Waals surface area contributed by atoms with Crippen LogP contribution in [0.15, 0.2) is 71.4 Å². The molecule has 1 aliphatic heterocycles. The van der Waals surface area contributed by atoms with E-state index < -0.39 is 0 Å². The number of halogens is 1. The molecule has 196 valence electrons. The first-order valence-electron chi connectivity index (χ1n) is 12.2. The van der Waals surface area contributed by atoms with Crippen LogP contribution in [0.2, 0.25) is 0 Å². The van der Waals surface area contributed by atoms with Crippen LogP contribution in [0.5, 0.6) is 0 Å². The van der Waals surface area contributed by atoms with Crippen LogP contribution in [0.1, 0.15) is 22.8 Å². The topological polar surface area (TPSA) is 76.5 Å². The molecule has 0 spiro atoms. The molecule has 1 unspecified atom stereocenters. The lowest BCUT2D eigenvalue weighted by molar-refractivity contribution is -0.122. The van der Waals surface area contributed by atoms with Gasteiger partial charge in [0.1, 0.15) is 18.2 Å². The number of thiophene rings is 1. The van der Waals surface area contributed by atoms with E-state index >= 15 is 0 Å². The minimum absolute atomic E-state index is 0.156. The van der Waals surface area contributed by atoms with Gasteiger partial charge in [0.25, 0.3) is 0 Å². The standard InChI is InChI=1S/C28H27FN4O3S2/c1-36-14-5-13-30-23(34)16-32-24(35)18-38-27(20-12-15-37-17-20)25-26(19-6-3-2-4-7-19)31-33(28(25)32)22-10-8-21(29)9-11-22/h2-4,6-12,15,17,27H,5,13-14,16,18H2,1H3,(H,30,34). The first-order valence-corrected chi connectivity index (χ1v) is 14.2. The third-order valence-electron chi connectivity index (χ3n) is 6.20. The molecule has 0 fully saturated rings. The molecule has 1 aliphatic rings. The normalized spacial score (nSPS) is 15.3. The van der Waals surface area contributed by atoms with Crippen molar-refractivity contribution in [1.82, 2.24) is 15.1 Å². The van der Waals surface area contributed by atoms with Crippen molar-refractivity contribution >= 4 is 40.7 Å². The van der Waals surface area contributed by atoms with E-state index in [0.29, 0.717) is 36.8 Å². The van der Waals surface area contributed by atoms with Gasteiger partial charge in [-0.05, 0) is 53.1 Å². The van der Waals surface area contributed by atoms with Gasteiger partial charge >= 0.3 is 0 Å². The molecule has 38 heavy (non-hydrogen) atoms. The Morgan fingerprint density at radius 2 is 1.95 bits per heavy atom. The summed E-state index contributed by atoms with van der Waals surface area (Å²) >= 11 is 3.11. The number of nitrogens with one attached hydrogen (secondary N) is 1. The molecule has 0 saturated heterocycles. The Hall–Kier alpha value is -3.47. The summed E-state index contributed by atoms with van der Waals surface area (Å²) in [6.45, 7) is 0.820. The molecule has 0 saturated carbocycles. The van der Waals surface area contributed by atoms with E-state index in [2.05, 4.69) is 16.8 Å². The Morgan fingerprint density at radius 1 is 1.16 bits per heavy atom. The van der Waals surface area contributed by atoms with Crippen LogP contribution in [-0.2, 0) is 14.3 Å². The van der Waals surface area contributed by atoms with E-state index in [-0.39, 0.29) is 35.2 Å². The number of thioether (sulfide) groups is 1. The number of anilines is 1. The summed E-state index contributed by atoms with van der Waals surface area (Å²) in [5.74, 6) is -0.112.